The fourth-order valence-corrected chi connectivity index (χ4v) is 0.249. The van der Waals surface area contributed by atoms with Gasteiger partial charge in [-0.1, -0.05) is 6.08 Å². The van der Waals surface area contributed by atoms with Crippen molar-refractivity contribution in [2.45, 2.75) is 34.0 Å². The molecular formula is C11H22O9. The Balaban J connectivity index is -0.0000000917. The van der Waals surface area contributed by atoms with Crippen molar-refractivity contribution >= 4 is 17.9 Å². The van der Waals surface area contributed by atoms with Gasteiger partial charge in [0.15, 0.2) is 6.29 Å². The van der Waals surface area contributed by atoms with Crippen LogP contribution in [-0.4, -0.2) is 61.4 Å². The second-order valence-corrected chi connectivity index (χ2v) is 3.06. The van der Waals surface area contributed by atoms with Crippen LogP contribution < -0.4 is 0 Å². The lowest BCUT2D eigenvalue weighted by Crippen LogP contribution is -2.05. The molecule has 0 saturated heterocycles. The Hall–Kier alpha value is -1.97. The third-order valence-electron chi connectivity index (χ3n) is 0.821. The molecule has 0 unspecified atom stereocenters. The van der Waals surface area contributed by atoms with Crippen LogP contribution in [0.4, 0.5) is 0 Å². The minimum Gasteiger partial charge on any atom is -0.481 e. The van der Waals surface area contributed by atoms with E-state index in [2.05, 4.69) is 0 Å². The molecule has 9 nitrogen and oxygen atoms in total. The summed E-state index contributed by atoms with van der Waals surface area (Å²) in [7, 11) is 0. The first-order chi connectivity index (χ1) is 8.88. The van der Waals surface area contributed by atoms with E-state index in [0.29, 0.717) is 5.57 Å². The molecule has 0 aliphatic rings. The summed E-state index contributed by atoms with van der Waals surface area (Å²) < 4.78 is 0. The van der Waals surface area contributed by atoms with Crippen LogP contribution in [0, 0.1) is 0 Å². The summed E-state index contributed by atoms with van der Waals surface area (Å²) in [6.07, 6.45) is -0.0906. The molecule has 0 radical (unpaired) electrons. The van der Waals surface area contributed by atoms with Gasteiger partial charge < -0.3 is 30.6 Å². The molecule has 0 saturated carbocycles. The van der Waals surface area contributed by atoms with Crippen molar-refractivity contribution in [3.05, 3.63) is 11.6 Å². The van der Waals surface area contributed by atoms with Crippen molar-refractivity contribution in [3.8, 4) is 0 Å². The number of carboxylic acids is 3. The molecule has 0 heterocycles. The van der Waals surface area contributed by atoms with E-state index >= 15 is 0 Å². The minimum absolute atomic E-state index is 0.149. The maximum absolute atomic E-state index is 9.00. The smallest absolute Gasteiger partial charge is 0.300 e. The van der Waals surface area contributed by atoms with Crippen LogP contribution in [0.3, 0.4) is 0 Å². The zero-order valence-electron chi connectivity index (χ0n) is 11.8. The van der Waals surface area contributed by atoms with E-state index in [1.165, 1.54) is 13.0 Å². The van der Waals surface area contributed by atoms with Gasteiger partial charge in [-0.3, -0.25) is 14.4 Å². The van der Waals surface area contributed by atoms with Crippen molar-refractivity contribution in [2.75, 3.05) is 6.61 Å². The Kier molecular flexibility index (Phi) is 25.7. The van der Waals surface area contributed by atoms with Crippen molar-refractivity contribution < 1.29 is 45.0 Å². The number of hydrogen-bond donors (Lipinski definition) is 6. The molecule has 0 aromatic carbocycles. The molecular weight excluding hydrogens is 276 g/mol. The van der Waals surface area contributed by atoms with Gasteiger partial charge in [0.1, 0.15) is 0 Å². The molecule has 9 heteroatoms. The maximum atomic E-state index is 9.00. The summed E-state index contributed by atoms with van der Waals surface area (Å²) in [6.45, 7) is 4.63. The Morgan fingerprint density at radius 3 is 1.10 bits per heavy atom. The Labute approximate surface area is 116 Å². The van der Waals surface area contributed by atoms with E-state index in [1.54, 1.807) is 0 Å². The molecule has 0 spiro atoms. The lowest BCUT2D eigenvalue weighted by Gasteiger charge is -1.99. The topological polar surface area (TPSA) is 173 Å². The van der Waals surface area contributed by atoms with Crippen LogP contribution in [0.1, 0.15) is 27.7 Å². The van der Waals surface area contributed by atoms with Crippen LogP contribution in [0.25, 0.3) is 0 Å². The summed E-state index contributed by atoms with van der Waals surface area (Å²) >= 11 is 0. The third kappa shape index (κ3) is 143. The largest absolute Gasteiger partial charge is 0.481 e. The standard InChI is InChI=1S/C5H10O3.3C2H4O2/c1-4(2-3-6)5(7)8;3*1-2(3)4/h2,5-8H,3H2,1H3;3*1H3,(H,3,4). The summed E-state index contributed by atoms with van der Waals surface area (Å²) in [5.41, 5.74) is 0.368. The van der Waals surface area contributed by atoms with Crippen molar-refractivity contribution in [1.29, 1.82) is 0 Å². The second-order valence-electron chi connectivity index (χ2n) is 3.06. The fourth-order valence-electron chi connectivity index (χ4n) is 0.249. The number of aliphatic hydroxyl groups excluding tert-OH is 2. The molecule has 0 aliphatic carbocycles. The molecule has 0 bridgehead atoms. The molecule has 0 aliphatic heterocycles. The molecule has 0 fully saturated rings. The SMILES string of the molecule is CC(=CCO)C(O)O.CC(=O)O.CC(=O)O.CC(=O)O. The van der Waals surface area contributed by atoms with Crippen LogP contribution >= 0.6 is 0 Å². The predicted octanol–water partition coefficient (Wildman–Crippen LogP) is -0.492. The van der Waals surface area contributed by atoms with E-state index in [9.17, 15) is 0 Å². The Morgan fingerprint density at radius 2 is 1.05 bits per heavy atom. The Morgan fingerprint density at radius 1 is 0.850 bits per heavy atom. The van der Waals surface area contributed by atoms with Gasteiger partial charge in [-0.05, 0) is 12.5 Å². The fraction of sp³-hybridized carbons (Fsp3) is 0.545. The van der Waals surface area contributed by atoms with Gasteiger partial charge >= 0.3 is 0 Å². The molecule has 120 valence electrons. The first-order valence-electron chi connectivity index (χ1n) is 5.10. The summed E-state index contributed by atoms with van der Waals surface area (Å²) in [6, 6.07) is 0. The van der Waals surface area contributed by atoms with Gasteiger partial charge in [-0.25, -0.2) is 0 Å². The average Bonchev–Trinajstić information content (AvgIpc) is 2.14. The molecule has 0 amide bonds. The number of hydrogen-bond acceptors (Lipinski definition) is 6. The highest BCUT2D eigenvalue weighted by Crippen LogP contribution is 1.94. The molecule has 0 aromatic heterocycles. The molecule has 20 heavy (non-hydrogen) atoms. The van der Waals surface area contributed by atoms with Gasteiger partial charge in [-0.15, -0.1) is 0 Å². The summed E-state index contributed by atoms with van der Waals surface area (Å²) in [5.74, 6) is -2.50. The van der Waals surface area contributed by atoms with Crippen molar-refractivity contribution in [3.63, 3.8) is 0 Å². The highest BCUT2D eigenvalue weighted by molar-refractivity contribution is 5.63. The third-order valence-corrected chi connectivity index (χ3v) is 0.821. The summed E-state index contributed by atoms with van der Waals surface area (Å²) in [5, 5.41) is 47.1. The Bertz CT molecular complexity index is 254. The van der Waals surface area contributed by atoms with Gasteiger partial charge in [0, 0.05) is 20.8 Å². The van der Waals surface area contributed by atoms with E-state index in [-0.39, 0.29) is 6.61 Å². The van der Waals surface area contributed by atoms with Crippen LogP contribution in [0.2, 0.25) is 0 Å². The van der Waals surface area contributed by atoms with Crippen LogP contribution in [0.15, 0.2) is 11.6 Å². The van der Waals surface area contributed by atoms with E-state index in [1.807, 2.05) is 0 Å². The normalized spacial score (nSPS) is 8.90. The van der Waals surface area contributed by atoms with E-state index < -0.39 is 24.2 Å². The number of aliphatic hydroxyl groups is 3. The van der Waals surface area contributed by atoms with Crippen LogP contribution in [-0.2, 0) is 14.4 Å². The predicted molar refractivity (Wildman–Crippen MR) is 69.0 cm³/mol. The van der Waals surface area contributed by atoms with Gasteiger partial charge in [-0.2, -0.15) is 0 Å². The highest BCUT2D eigenvalue weighted by atomic mass is 16.5. The highest BCUT2D eigenvalue weighted by Gasteiger charge is 1.96. The first kappa shape index (κ1) is 26.6. The number of carbonyl (C=O) groups is 3. The lowest BCUT2D eigenvalue weighted by molar-refractivity contribution is -0.135. The quantitative estimate of drug-likeness (QED) is 0.290. The van der Waals surface area contributed by atoms with Crippen molar-refractivity contribution in [2.24, 2.45) is 0 Å². The summed E-state index contributed by atoms with van der Waals surface area (Å²) in [4.78, 5) is 27.0. The van der Waals surface area contributed by atoms with Gasteiger partial charge in [0.25, 0.3) is 17.9 Å². The van der Waals surface area contributed by atoms with Crippen molar-refractivity contribution in [1.82, 2.24) is 0 Å². The zero-order valence-corrected chi connectivity index (χ0v) is 11.8. The van der Waals surface area contributed by atoms with E-state index in [0.717, 1.165) is 20.8 Å². The number of aliphatic carboxylic acids is 3. The molecule has 0 atom stereocenters. The minimum atomic E-state index is -1.43. The first-order valence-corrected chi connectivity index (χ1v) is 5.10. The second kappa shape index (κ2) is 19.4. The average molecular weight is 298 g/mol. The number of carboxylic acid groups (broad SMARTS) is 3. The van der Waals surface area contributed by atoms with Gasteiger partial charge in [0.05, 0.1) is 6.61 Å². The molecule has 0 rings (SSSR count). The lowest BCUT2D eigenvalue weighted by atomic mass is 10.3. The molecule has 6 N–H and O–H groups in total. The zero-order chi connectivity index (χ0) is 17.3. The van der Waals surface area contributed by atoms with Gasteiger partial charge in [0.2, 0.25) is 0 Å². The monoisotopic (exact) mass is 298 g/mol. The van der Waals surface area contributed by atoms with Crippen LogP contribution in [0.5, 0.6) is 0 Å². The maximum Gasteiger partial charge on any atom is 0.300 e. The molecule has 0 aromatic rings. The number of rotatable bonds is 2. The van der Waals surface area contributed by atoms with E-state index in [4.69, 9.17) is 45.0 Å².